The summed E-state index contributed by atoms with van der Waals surface area (Å²) in [6, 6.07) is 25.1. The highest BCUT2D eigenvalue weighted by Gasteiger charge is 2.16. The molecule has 0 aliphatic heterocycles. The minimum absolute atomic E-state index is 0.189. The molecule has 0 atom stereocenters. The summed E-state index contributed by atoms with van der Waals surface area (Å²) in [6.45, 7) is 0. The van der Waals surface area contributed by atoms with Gasteiger partial charge in [0.05, 0.1) is 12.8 Å². The van der Waals surface area contributed by atoms with E-state index < -0.39 is 0 Å². The van der Waals surface area contributed by atoms with Crippen LogP contribution in [0.2, 0.25) is 0 Å². The monoisotopic (exact) mass is 367 g/mol. The van der Waals surface area contributed by atoms with Gasteiger partial charge in [-0.3, -0.25) is 4.79 Å². The summed E-state index contributed by atoms with van der Waals surface area (Å²) >= 11 is 0. The van der Waals surface area contributed by atoms with Crippen molar-refractivity contribution in [3.63, 3.8) is 0 Å². The number of amides is 1. The van der Waals surface area contributed by atoms with Crippen LogP contribution in [0.15, 0.2) is 83.3 Å². The first-order valence-corrected chi connectivity index (χ1v) is 9.03. The Morgan fingerprint density at radius 3 is 2.43 bits per heavy atom. The van der Waals surface area contributed by atoms with E-state index in [-0.39, 0.29) is 5.91 Å². The molecule has 1 heterocycles. The molecule has 4 aromatic carbocycles. The summed E-state index contributed by atoms with van der Waals surface area (Å²) < 4.78 is 11.5. The predicted molar refractivity (Wildman–Crippen MR) is 112 cm³/mol. The molecular formula is C24H17NO3. The average Bonchev–Trinajstić information content (AvgIpc) is 3.10. The van der Waals surface area contributed by atoms with Crippen molar-refractivity contribution in [2.45, 2.75) is 0 Å². The van der Waals surface area contributed by atoms with E-state index in [2.05, 4.69) is 5.32 Å². The summed E-state index contributed by atoms with van der Waals surface area (Å²) in [7, 11) is 1.59. The molecule has 0 radical (unpaired) electrons. The van der Waals surface area contributed by atoms with Gasteiger partial charge in [0.2, 0.25) is 0 Å². The number of ether oxygens (including phenoxy) is 1. The van der Waals surface area contributed by atoms with Gasteiger partial charge < -0.3 is 14.5 Å². The molecule has 0 bridgehead atoms. The first-order chi connectivity index (χ1) is 13.7. The second-order valence-corrected chi connectivity index (χ2v) is 6.63. The van der Waals surface area contributed by atoms with Crippen molar-refractivity contribution in [2.24, 2.45) is 0 Å². The van der Waals surface area contributed by atoms with Crippen molar-refractivity contribution in [1.29, 1.82) is 0 Å². The number of methoxy groups -OCH3 is 1. The minimum Gasteiger partial charge on any atom is -0.495 e. The van der Waals surface area contributed by atoms with Crippen molar-refractivity contribution < 1.29 is 13.9 Å². The first-order valence-electron chi connectivity index (χ1n) is 9.03. The number of furan rings is 1. The minimum atomic E-state index is -0.189. The third-order valence-electron chi connectivity index (χ3n) is 4.98. The number of fused-ring (bicyclic) bond motifs is 4. The van der Waals surface area contributed by atoms with Crippen molar-refractivity contribution >= 4 is 44.3 Å². The number of carbonyl (C=O) groups excluding carboxylic acids is 1. The summed E-state index contributed by atoms with van der Waals surface area (Å²) in [5.74, 6) is 0.401. The SMILES string of the molecule is COc1cc2c(cc1NC(=O)c1cccc3ccccc13)oc1ccccc12. The summed E-state index contributed by atoms with van der Waals surface area (Å²) in [5.41, 5.74) is 2.70. The Kier molecular flexibility index (Phi) is 3.76. The molecular weight excluding hydrogens is 350 g/mol. The highest BCUT2D eigenvalue weighted by Crippen LogP contribution is 2.36. The topological polar surface area (TPSA) is 51.5 Å². The fourth-order valence-corrected chi connectivity index (χ4v) is 3.63. The molecule has 0 aliphatic carbocycles. The van der Waals surface area contributed by atoms with Crippen LogP contribution in [0.25, 0.3) is 32.7 Å². The molecule has 1 N–H and O–H groups in total. The maximum Gasteiger partial charge on any atom is 0.256 e. The molecule has 1 aromatic heterocycles. The lowest BCUT2D eigenvalue weighted by Gasteiger charge is -2.11. The number of carbonyl (C=O) groups is 1. The van der Waals surface area contributed by atoms with Gasteiger partial charge in [-0.1, -0.05) is 54.6 Å². The number of para-hydroxylation sites is 1. The van der Waals surface area contributed by atoms with Gasteiger partial charge in [0.15, 0.2) is 0 Å². The summed E-state index contributed by atoms with van der Waals surface area (Å²) in [5, 5.41) is 6.88. The van der Waals surface area contributed by atoms with Gasteiger partial charge in [0.1, 0.15) is 16.9 Å². The number of anilines is 1. The lowest BCUT2D eigenvalue weighted by molar-refractivity contribution is 0.102. The number of hydrogen-bond donors (Lipinski definition) is 1. The Morgan fingerprint density at radius 2 is 1.57 bits per heavy atom. The zero-order valence-electron chi connectivity index (χ0n) is 15.2. The smallest absolute Gasteiger partial charge is 0.256 e. The molecule has 0 unspecified atom stereocenters. The van der Waals surface area contributed by atoms with Gasteiger partial charge >= 0.3 is 0 Å². The third-order valence-corrected chi connectivity index (χ3v) is 4.98. The Balaban J connectivity index is 1.60. The Bertz CT molecular complexity index is 1350. The van der Waals surface area contributed by atoms with Crippen LogP contribution in [0.4, 0.5) is 5.69 Å². The second-order valence-electron chi connectivity index (χ2n) is 6.63. The van der Waals surface area contributed by atoms with Gasteiger partial charge in [-0.2, -0.15) is 0 Å². The van der Waals surface area contributed by atoms with E-state index in [4.69, 9.17) is 9.15 Å². The fourth-order valence-electron chi connectivity index (χ4n) is 3.63. The first kappa shape index (κ1) is 16.4. The van der Waals surface area contributed by atoms with Gasteiger partial charge in [-0.15, -0.1) is 0 Å². The molecule has 0 fully saturated rings. The quantitative estimate of drug-likeness (QED) is 0.425. The molecule has 0 saturated heterocycles. The van der Waals surface area contributed by atoms with Gasteiger partial charge in [-0.25, -0.2) is 0 Å². The summed E-state index contributed by atoms with van der Waals surface area (Å²) in [6.07, 6.45) is 0. The number of hydrogen-bond acceptors (Lipinski definition) is 3. The Hall–Kier alpha value is -3.79. The number of benzene rings is 4. The van der Waals surface area contributed by atoms with Crippen molar-refractivity contribution in [2.75, 3.05) is 12.4 Å². The van der Waals surface area contributed by atoms with Crippen LogP contribution in [0.1, 0.15) is 10.4 Å². The predicted octanol–water partition coefficient (Wildman–Crippen LogP) is 6.00. The maximum absolute atomic E-state index is 13.0. The van der Waals surface area contributed by atoms with E-state index in [1.54, 1.807) is 7.11 Å². The zero-order valence-corrected chi connectivity index (χ0v) is 15.2. The molecule has 5 rings (SSSR count). The van der Waals surface area contributed by atoms with E-state index in [1.165, 1.54) is 0 Å². The molecule has 1 amide bonds. The second kappa shape index (κ2) is 6.43. The van der Waals surface area contributed by atoms with Crippen LogP contribution in [-0.2, 0) is 0 Å². The van der Waals surface area contributed by atoms with Crippen LogP contribution in [0.3, 0.4) is 0 Å². The van der Waals surface area contributed by atoms with Crippen LogP contribution in [0, 0.1) is 0 Å². The van der Waals surface area contributed by atoms with Gasteiger partial charge in [0, 0.05) is 22.4 Å². The van der Waals surface area contributed by atoms with Gasteiger partial charge in [-0.05, 0) is 29.0 Å². The van der Waals surface area contributed by atoms with E-state index in [0.717, 1.165) is 27.1 Å². The van der Waals surface area contributed by atoms with Crippen molar-refractivity contribution in [1.82, 2.24) is 0 Å². The Morgan fingerprint density at radius 1 is 0.821 bits per heavy atom. The number of nitrogens with one attached hydrogen (secondary N) is 1. The molecule has 0 aliphatic rings. The lowest BCUT2D eigenvalue weighted by Crippen LogP contribution is -2.13. The third kappa shape index (κ3) is 2.58. The largest absolute Gasteiger partial charge is 0.495 e. The van der Waals surface area contributed by atoms with Crippen LogP contribution in [-0.4, -0.2) is 13.0 Å². The summed E-state index contributed by atoms with van der Waals surface area (Å²) in [4.78, 5) is 13.0. The molecule has 136 valence electrons. The molecule has 0 spiro atoms. The molecule has 4 nitrogen and oxygen atoms in total. The normalized spacial score (nSPS) is 11.2. The molecule has 4 heteroatoms. The lowest BCUT2D eigenvalue weighted by atomic mass is 10.0. The highest BCUT2D eigenvalue weighted by atomic mass is 16.5. The molecule has 5 aromatic rings. The van der Waals surface area contributed by atoms with Crippen LogP contribution < -0.4 is 10.1 Å². The van der Waals surface area contributed by atoms with E-state index in [1.807, 2.05) is 78.9 Å². The fraction of sp³-hybridized carbons (Fsp3) is 0.0417. The standard InChI is InChI=1S/C24H17NO3/c1-27-23-13-19-17-10-4-5-12-21(17)28-22(19)14-20(23)25-24(26)18-11-6-8-15-7-2-3-9-16(15)18/h2-14H,1H3,(H,25,26). The van der Waals surface area contributed by atoms with E-state index in [0.29, 0.717) is 22.6 Å². The van der Waals surface area contributed by atoms with E-state index in [9.17, 15) is 4.79 Å². The van der Waals surface area contributed by atoms with Gasteiger partial charge in [0.25, 0.3) is 5.91 Å². The van der Waals surface area contributed by atoms with Crippen LogP contribution in [0.5, 0.6) is 5.75 Å². The zero-order chi connectivity index (χ0) is 19.1. The van der Waals surface area contributed by atoms with E-state index >= 15 is 0 Å². The Labute approximate surface area is 161 Å². The average molecular weight is 367 g/mol. The van der Waals surface area contributed by atoms with Crippen molar-refractivity contribution in [3.05, 3.63) is 84.4 Å². The van der Waals surface area contributed by atoms with Crippen LogP contribution >= 0.6 is 0 Å². The molecule has 0 saturated carbocycles. The molecule has 28 heavy (non-hydrogen) atoms. The number of rotatable bonds is 3. The highest BCUT2D eigenvalue weighted by molar-refractivity contribution is 6.14. The van der Waals surface area contributed by atoms with Crippen molar-refractivity contribution in [3.8, 4) is 5.75 Å². The maximum atomic E-state index is 13.0.